The minimum atomic E-state index is -0.356. The van der Waals surface area contributed by atoms with Gasteiger partial charge in [-0.05, 0) is 6.07 Å². The highest BCUT2D eigenvalue weighted by molar-refractivity contribution is 6.33. The van der Waals surface area contributed by atoms with Gasteiger partial charge in [0.25, 0.3) is 5.56 Å². The fraction of sp³-hybridized carbons (Fsp3) is 0.167. The van der Waals surface area contributed by atoms with E-state index in [-0.39, 0.29) is 11.2 Å². The molecule has 0 amide bonds. The summed E-state index contributed by atoms with van der Waals surface area (Å²) < 4.78 is 2.43. The fourth-order valence-corrected chi connectivity index (χ4v) is 1.91. The number of aryl methyl sites for hydroxylation is 1. The third kappa shape index (κ3) is 1.91. The van der Waals surface area contributed by atoms with Crippen molar-refractivity contribution in [3.8, 4) is 11.1 Å². The highest BCUT2D eigenvalue weighted by Crippen LogP contribution is 2.23. The van der Waals surface area contributed by atoms with Gasteiger partial charge in [0.15, 0.2) is 0 Å². The van der Waals surface area contributed by atoms with Gasteiger partial charge in [-0.3, -0.25) is 9.36 Å². The standard InChI is InChI=1S/C12H11ClN2O2/c1-14-7-9(11(16)15(2)12(14)17)8-5-3-4-6-10(8)13/h3-7H,1-2H3. The molecule has 88 valence electrons. The molecule has 0 atom stereocenters. The van der Waals surface area contributed by atoms with Crippen LogP contribution < -0.4 is 11.2 Å². The van der Waals surface area contributed by atoms with Gasteiger partial charge in [-0.15, -0.1) is 0 Å². The Bertz CT molecular complexity index is 686. The molecule has 1 aromatic carbocycles. The predicted molar refractivity (Wildman–Crippen MR) is 67.4 cm³/mol. The van der Waals surface area contributed by atoms with Gasteiger partial charge in [0.1, 0.15) is 0 Å². The van der Waals surface area contributed by atoms with Gasteiger partial charge < -0.3 is 4.57 Å². The first kappa shape index (κ1) is 11.7. The van der Waals surface area contributed by atoms with Crippen molar-refractivity contribution in [2.45, 2.75) is 0 Å². The number of hydrogen-bond donors (Lipinski definition) is 0. The van der Waals surface area contributed by atoms with E-state index in [1.54, 1.807) is 31.3 Å². The van der Waals surface area contributed by atoms with Crippen LogP contribution in [0.4, 0.5) is 0 Å². The topological polar surface area (TPSA) is 44.0 Å². The molecule has 5 heteroatoms. The van der Waals surface area contributed by atoms with Crippen molar-refractivity contribution in [2.75, 3.05) is 0 Å². The molecule has 0 spiro atoms. The second-order valence-electron chi connectivity index (χ2n) is 3.78. The molecule has 0 N–H and O–H groups in total. The number of nitrogens with zero attached hydrogens (tertiary/aromatic N) is 2. The Hall–Kier alpha value is -1.81. The quantitative estimate of drug-likeness (QED) is 0.768. The molecular formula is C12H11ClN2O2. The van der Waals surface area contributed by atoms with Gasteiger partial charge in [0, 0.05) is 30.9 Å². The second-order valence-corrected chi connectivity index (χ2v) is 4.19. The number of aromatic nitrogens is 2. The summed E-state index contributed by atoms with van der Waals surface area (Å²) in [6.07, 6.45) is 1.51. The lowest BCUT2D eigenvalue weighted by Crippen LogP contribution is -2.37. The van der Waals surface area contributed by atoms with Gasteiger partial charge >= 0.3 is 5.69 Å². The van der Waals surface area contributed by atoms with Crippen molar-refractivity contribution >= 4 is 11.6 Å². The second kappa shape index (κ2) is 4.22. The molecule has 0 aliphatic heterocycles. The van der Waals surface area contributed by atoms with Crippen LogP contribution in [-0.4, -0.2) is 9.13 Å². The van der Waals surface area contributed by atoms with E-state index < -0.39 is 0 Å². The average molecular weight is 251 g/mol. The molecule has 4 nitrogen and oxygen atoms in total. The molecule has 2 aromatic rings. The monoisotopic (exact) mass is 250 g/mol. The van der Waals surface area contributed by atoms with E-state index in [1.807, 2.05) is 0 Å². The molecule has 1 aromatic heterocycles. The summed E-state index contributed by atoms with van der Waals surface area (Å²) in [6, 6.07) is 7.05. The number of halogens is 1. The zero-order valence-electron chi connectivity index (χ0n) is 9.48. The predicted octanol–water partition coefficient (Wildman–Crippen LogP) is 1.40. The maximum atomic E-state index is 12.0. The minimum Gasteiger partial charge on any atom is -0.303 e. The number of benzene rings is 1. The molecule has 0 aliphatic rings. The van der Waals surface area contributed by atoms with Gasteiger partial charge in [-0.2, -0.15) is 0 Å². The van der Waals surface area contributed by atoms with Crippen molar-refractivity contribution in [2.24, 2.45) is 14.1 Å². The Morgan fingerprint density at radius 2 is 1.71 bits per heavy atom. The SMILES string of the molecule is Cn1cc(-c2ccccc2Cl)c(=O)n(C)c1=O. The maximum absolute atomic E-state index is 12.0. The maximum Gasteiger partial charge on any atom is 0.330 e. The van der Waals surface area contributed by atoms with Crippen molar-refractivity contribution in [3.63, 3.8) is 0 Å². The van der Waals surface area contributed by atoms with E-state index in [4.69, 9.17) is 11.6 Å². The molecule has 0 saturated carbocycles. The first-order valence-corrected chi connectivity index (χ1v) is 5.41. The van der Waals surface area contributed by atoms with Crippen LogP contribution in [0.3, 0.4) is 0 Å². The lowest BCUT2D eigenvalue weighted by Gasteiger charge is -2.07. The minimum absolute atomic E-state index is 0.346. The van der Waals surface area contributed by atoms with Gasteiger partial charge in [-0.25, -0.2) is 4.79 Å². The van der Waals surface area contributed by atoms with Crippen LogP contribution in [0, 0.1) is 0 Å². The molecule has 1 heterocycles. The normalized spacial score (nSPS) is 10.5. The molecule has 0 radical (unpaired) electrons. The van der Waals surface area contributed by atoms with E-state index in [9.17, 15) is 9.59 Å². The molecule has 0 aliphatic carbocycles. The van der Waals surface area contributed by atoms with Crippen molar-refractivity contribution in [3.05, 3.63) is 56.3 Å². The summed E-state index contributed by atoms with van der Waals surface area (Å²) in [7, 11) is 3.05. The molecule has 0 saturated heterocycles. The van der Waals surface area contributed by atoms with Gasteiger partial charge in [-0.1, -0.05) is 29.8 Å². The highest BCUT2D eigenvalue weighted by Gasteiger charge is 2.11. The average Bonchev–Trinajstić information content (AvgIpc) is 2.32. The Balaban J connectivity index is 2.83. The van der Waals surface area contributed by atoms with E-state index in [0.29, 0.717) is 16.1 Å². The Morgan fingerprint density at radius 3 is 2.35 bits per heavy atom. The Kier molecular flexibility index (Phi) is 2.90. The highest BCUT2D eigenvalue weighted by atomic mass is 35.5. The van der Waals surface area contributed by atoms with Crippen molar-refractivity contribution in [1.82, 2.24) is 9.13 Å². The Labute approximate surface area is 103 Å². The first-order chi connectivity index (χ1) is 8.02. The van der Waals surface area contributed by atoms with Crippen LogP contribution in [-0.2, 0) is 14.1 Å². The van der Waals surface area contributed by atoms with Crippen molar-refractivity contribution < 1.29 is 0 Å². The largest absolute Gasteiger partial charge is 0.330 e. The lowest BCUT2D eigenvalue weighted by molar-refractivity contribution is 0.688. The summed E-state index contributed by atoms with van der Waals surface area (Å²) in [6.45, 7) is 0. The third-order valence-electron chi connectivity index (χ3n) is 2.61. The first-order valence-electron chi connectivity index (χ1n) is 5.04. The van der Waals surface area contributed by atoms with E-state index in [0.717, 1.165) is 4.57 Å². The van der Waals surface area contributed by atoms with Crippen LogP contribution in [0.15, 0.2) is 40.1 Å². The van der Waals surface area contributed by atoms with Gasteiger partial charge in [0.2, 0.25) is 0 Å². The van der Waals surface area contributed by atoms with E-state index >= 15 is 0 Å². The van der Waals surface area contributed by atoms with Crippen LogP contribution in [0.1, 0.15) is 0 Å². The van der Waals surface area contributed by atoms with Crippen LogP contribution in [0.5, 0.6) is 0 Å². The third-order valence-corrected chi connectivity index (χ3v) is 2.94. The summed E-state index contributed by atoms with van der Waals surface area (Å²) in [5.41, 5.74) is 0.345. The zero-order chi connectivity index (χ0) is 12.6. The smallest absolute Gasteiger partial charge is 0.303 e. The molecule has 2 rings (SSSR count). The van der Waals surface area contributed by atoms with Crippen molar-refractivity contribution in [1.29, 1.82) is 0 Å². The fourth-order valence-electron chi connectivity index (χ4n) is 1.67. The molecular weight excluding hydrogens is 240 g/mol. The number of hydrogen-bond acceptors (Lipinski definition) is 2. The number of rotatable bonds is 1. The summed E-state index contributed by atoms with van der Waals surface area (Å²) in [5.74, 6) is 0. The van der Waals surface area contributed by atoms with Gasteiger partial charge in [0.05, 0.1) is 5.56 Å². The molecule has 0 fully saturated rings. The van der Waals surface area contributed by atoms with Crippen LogP contribution in [0.25, 0.3) is 11.1 Å². The Morgan fingerprint density at radius 1 is 1.06 bits per heavy atom. The van der Waals surface area contributed by atoms with E-state index in [2.05, 4.69) is 0 Å². The van der Waals surface area contributed by atoms with Crippen LogP contribution in [0.2, 0.25) is 5.02 Å². The van der Waals surface area contributed by atoms with E-state index in [1.165, 1.54) is 17.8 Å². The molecule has 0 unspecified atom stereocenters. The van der Waals surface area contributed by atoms with Crippen LogP contribution >= 0.6 is 11.6 Å². The molecule has 17 heavy (non-hydrogen) atoms. The summed E-state index contributed by atoms with van der Waals surface area (Å²) >= 11 is 6.04. The molecule has 0 bridgehead atoms. The summed E-state index contributed by atoms with van der Waals surface area (Å²) in [4.78, 5) is 23.5. The zero-order valence-corrected chi connectivity index (χ0v) is 10.2. The lowest BCUT2D eigenvalue weighted by atomic mass is 10.1. The summed E-state index contributed by atoms with van der Waals surface area (Å²) in [5, 5.41) is 0.489.